The van der Waals surface area contributed by atoms with Gasteiger partial charge < -0.3 is 0 Å². The van der Waals surface area contributed by atoms with E-state index in [-0.39, 0.29) is 12.0 Å². The van der Waals surface area contributed by atoms with Crippen molar-refractivity contribution < 1.29 is 13.2 Å². The van der Waals surface area contributed by atoms with Gasteiger partial charge in [0.25, 0.3) is 0 Å². The van der Waals surface area contributed by atoms with Gasteiger partial charge in [-0.1, -0.05) is 52.0 Å². The molecule has 2 rings (SSSR count). The lowest BCUT2D eigenvalue weighted by Crippen LogP contribution is -2.33. The second-order valence-electron chi connectivity index (χ2n) is 8.33. The van der Waals surface area contributed by atoms with Crippen LogP contribution < -0.4 is 0 Å². The molecule has 0 fully saturated rings. The molecule has 146 valence electrons. The van der Waals surface area contributed by atoms with Gasteiger partial charge in [-0.3, -0.25) is 4.90 Å². The molecule has 0 radical (unpaired) electrons. The molecule has 0 N–H and O–H groups in total. The third kappa shape index (κ3) is 6.46. The van der Waals surface area contributed by atoms with E-state index in [2.05, 4.69) is 50.8 Å². The van der Waals surface area contributed by atoms with Crippen molar-refractivity contribution in [2.75, 3.05) is 19.6 Å². The molecule has 0 aromatic heterocycles. The van der Waals surface area contributed by atoms with E-state index in [9.17, 15) is 13.2 Å². The molecule has 1 heterocycles. The summed E-state index contributed by atoms with van der Waals surface area (Å²) in [6.07, 6.45) is 0.359. The van der Waals surface area contributed by atoms with Gasteiger partial charge in [-0.25, -0.2) is 0 Å². The van der Waals surface area contributed by atoms with Crippen LogP contribution >= 0.6 is 0 Å². The van der Waals surface area contributed by atoms with E-state index in [1.807, 2.05) is 0 Å². The Labute approximate surface area is 156 Å². The number of alkyl halides is 3. The minimum Gasteiger partial charge on any atom is -0.299 e. The molecule has 0 bridgehead atoms. The topological polar surface area (TPSA) is 3.24 Å². The van der Waals surface area contributed by atoms with Crippen molar-refractivity contribution in [3.63, 3.8) is 0 Å². The largest absolute Gasteiger partial charge is 0.412 e. The highest BCUT2D eigenvalue weighted by atomic mass is 19.4. The van der Waals surface area contributed by atoms with E-state index in [1.165, 1.54) is 22.8 Å². The highest BCUT2D eigenvalue weighted by molar-refractivity contribution is 5.33. The average molecular weight is 367 g/mol. The third-order valence-electron chi connectivity index (χ3n) is 4.90. The van der Waals surface area contributed by atoms with Crippen LogP contribution in [-0.4, -0.2) is 30.7 Å². The number of hydrogen-bond acceptors (Lipinski definition) is 1. The first kappa shape index (κ1) is 21.0. The first-order valence-corrected chi connectivity index (χ1v) is 9.74. The number of benzene rings is 1. The molecule has 0 saturated heterocycles. The standard InChI is InChI=1S/C22H32F3N/c1-16(2)13-19-6-5-18(15-20(19)14-17(3)4)7-10-26-11-8-21(9-12-26)22(23,24)25/h5-6,8,15-17H,7,9-14H2,1-4H3. The van der Waals surface area contributed by atoms with Gasteiger partial charge in [-0.05, 0) is 54.2 Å². The summed E-state index contributed by atoms with van der Waals surface area (Å²) in [5.74, 6) is 1.25. The van der Waals surface area contributed by atoms with Crippen molar-refractivity contribution >= 4 is 0 Å². The molecule has 1 aromatic carbocycles. The minimum absolute atomic E-state index is 0.107. The molecular formula is C22H32F3N. The first-order valence-electron chi connectivity index (χ1n) is 9.74. The summed E-state index contributed by atoms with van der Waals surface area (Å²) in [5.41, 5.74) is 3.79. The van der Waals surface area contributed by atoms with Crippen LogP contribution in [0.5, 0.6) is 0 Å². The summed E-state index contributed by atoms with van der Waals surface area (Å²) in [6, 6.07) is 6.77. The predicted molar refractivity (Wildman–Crippen MR) is 102 cm³/mol. The van der Waals surface area contributed by atoms with Gasteiger partial charge in [0, 0.05) is 25.2 Å². The van der Waals surface area contributed by atoms with E-state index in [0.717, 1.165) is 25.8 Å². The van der Waals surface area contributed by atoms with E-state index in [1.54, 1.807) is 0 Å². The van der Waals surface area contributed by atoms with E-state index in [4.69, 9.17) is 0 Å². The Hall–Kier alpha value is -1.29. The Morgan fingerprint density at radius 2 is 1.65 bits per heavy atom. The van der Waals surface area contributed by atoms with Crippen molar-refractivity contribution in [2.45, 2.75) is 59.6 Å². The van der Waals surface area contributed by atoms with Crippen molar-refractivity contribution in [3.05, 3.63) is 46.5 Å². The zero-order valence-corrected chi connectivity index (χ0v) is 16.5. The maximum atomic E-state index is 12.7. The molecule has 4 heteroatoms. The molecule has 0 amide bonds. The molecule has 1 aliphatic heterocycles. The van der Waals surface area contributed by atoms with Crippen LogP contribution in [0.1, 0.15) is 50.8 Å². The molecule has 0 atom stereocenters. The number of halogens is 3. The zero-order chi connectivity index (χ0) is 19.3. The van der Waals surface area contributed by atoms with Crippen LogP contribution in [-0.2, 0) is 19.3 Å². The Balaban J connectivity index is 1.98. The normalized spacial score (nSPS) is 16.4. The molecule has 0 spiro atoms. The summed E-state index contributed by atoms with van der Waals surface area (Å²) >= 11 is 0. The fraction of sp³-hybridized carbons (Fsp3) is 0.636. The molecule has 1 nitrogen and oxygen atoms in total. The molecule has 0 unspecified atom stereocenters. The number of nitrogens with zero attached hydrogens (tertiary/aromatic N) is 1. The summed E-state index contributed by atoms with van der Waals surface area (Å²) < 4.78 is 38.1. The van der Waals surface area contributed by atoms with Crippen LogP contribution in [0, 0.1) is 11.8 Å². The van der Waals surface area contributed by atoms with Crippen molar-refractivity contribution in [1.82, 2.24) is 4.90 Å². The molecule has 1 aromatic rings. The highest BCUT2D eigenvalue weighted by Crippen LogP contribution is 2.30. The quantitative estimate of drug-likeness (QED) is 0.549. The Kier molecular flexibility index (Phi) is 7.33. The van der Waals surface area contributed by atoms with Gasteiger partial charge in [0.15, 0.2) is 0 Å². The van der Waals surface area contributed by atoms with Gasteiger partial charge in [0.05, 0.1) is 0 Å². The smallest absolute Gasteiger partial charge is 0.299 e. The Bertz CT molecular complexity index is 614. The Morgan fingerprint density at radius 1 is 1.00 bits per heavy atom. The van der Waals surface area contributed by atoms with E-state index in [0.29, 0.717) is 24.9 Å². The monoisotopic (exact) mass is 367 g/mol. The van der Waals surface area contributed by atoms with Crippen LogP contribution in [0.15, 0.2) is 29.8 Å². The van der Waals surface area contributed by atoms with E-state index >= 15 is 0 Å². The van der Waals surface area contributed by atoms with Crippen LogP contribution in [0.4, 0.5) is 13.2 Å². The predicted octanol–water partition coefficient (Wildman–Crippen LogP) is 5.82. The molecule has 1 aliphatic rings. The van der Waals surface area contributed by atoms with Crippen molar-refractivity contribution in [1.29, 1.82) is 0 Å². The van der Waals surface area contributed by atoms with Gasteiger partial charge in [-0.15, -0.1) is 0 Å². The summed E-state index contributed by atoms with van der Waals surface area (Å²) in [7, 11) is 0. The molecular weight excluding hydrogens is 335 g/mol. The van der Waals surface area contributed by atoms with Crippen LogP contribution in [0.3, 0.4) is 0 Å². The second-order valence-corrected chi connectivity index (χ2v) is 8.33. The lowest BCUT2D eigenvalue weighted by molar-refractivity contribution is -0.0959. The minimum atomic E-state index is -4.16. The van der Waals surface area contributed by atoms with Gasteiger partial charge >= 0.3 is 6.18 Å². The van der Waals surface area contributed by atoms with Gasteiger partial charge in [-0.2, -0.15) is 13.2 Å². The second kappa shape index (κ2) is 9.07. The van der Waals surface area contributed by atoms with Crippen LogP contribution in [0.25, 0.3) is 0 Å². The maximum absolute atomic E-state index is 12.7. The van der Waals surface area contributed by atoms with E-state index < -0.39 is 6.18 Å². The zero-order valence-electron chi connectivity index (χ0n) is 16.5. The lowest BCUT2D eigenvalue weighted by Gasteiger charge is -2.27. The molecule has 0 saturated carbocycles. The summed E-state index contributed by atoms with van der Waals surface area (Å²) in [6.45, 7) is 10.7. The third-order valence-corrected chi connectivity index (χ3v) is 4.90. The average Bonchev–Trinajstić information content (AvgIpc) is 2.53. The number of rotatable bonds is 7. The molecule has 26 heavy (non-hydrogen) atoms. The molecule has 0 aliphatic carbocycles. The first-order chi connectivity index (χ1) is 12.1. The van der Waals surface area contributed by atoms with Crippen molar-refractivity contribution in [2.24, 2.45) is 11.8 Å². The lowest BCUT2D eigenvalue weighted by atomic mass is 9.91. The summed E-state index contributed by atoms with van der Waals surface area (Å²) in [5, 5.41) is 0. The maximum Gasteiger partial charge on any atom is 0.412 e. The van der Waals surface area contributed by atoms with Gasteiger partial charge in [0.2, 0.25) is 0 Å². The fourth-order valence-corrected chi connectivity index (χ4v) is 3.56. The number of hydrogen-bond donors (Lipinski definition) is 0. The summed E-state index contributed by atoms with van der Waals surface area (Å²) in [4.78, 5) is 2.11. The van der Waals surface area contributed by atoms with Crippen molar-refractivity contribution in [3.8, 4) is 0 Å². The fourth-order valence-electron chi connectivity index (χ4n) is 3.56. The SMILES string of the molecule is CC(C)Cc1ccc(CCN2CC=C(C(F)(F)F)CC2)cc1CC(C)C. The highest BCUT2D eigenvalue weighted by Gasteiger charge is 2.34. The Morgan fingerprint density at radius 3 is 2.19 bits per heavy atom. The van der Waals surface area contributed by atoms with Crippen LogP contribution in [0.2, 0.25) is 0 Å². The van der Waals surface area contributed by atoms with Gasteiger partial charge in [0.1, 0.15) is 0 Å².